The maximum absolute atomic E-state index is 15.2. The molecule has 5 rings (SSSR count). The van der Waals surface area contributed by atoms with Gasteiger partial charge in [-0.2, -0.15) is 0 Å². The summed E-state index contributed by atoms with van der Waals surface area (Å²) in [5.74, 6) is 28.6. The molecule has 5 aromatic carbocycles. The van der Waals surface area contributed by atoms with Crippen LogP contribution in [0.1, 0.15) is 106 Å². The Morgan fingerprint density at radius 3 is 1.02 bits per heavy atom. The van der Waals surface area contributed by atoms with Crippen LogP contribution in [0.4, 0.5) is 0 Å². The van der Waals surface area contributed by atoms with Gasteiger partial charge in [0.1, 0.15) is 11.5 Å². The van der Waals surface area contributed by atoms with Crippen LogP contribution in [0.15, 0.2) is 121 Å². The van der Waals surface area contributed by atoms with E-state index >= 15 is 4.57 Å². The fourth-order valence-electron chi connectivity index (χ4n) is 6.20. The molecular weight excluding hydrogens is 728 g/mol. The largest absolute Gasteiger partial charge is 0.494 e. The van der Waals surface area contributed by atoms with Gasteiger partial charge in [-0.1, -0.05) is 94.8 Å². The first kappa shape index (κ1) is 42.9. The molecule has 0 bridgehead atoms. The summed E-state index contributed by atoms with van der Waals surface area (Å²) >= 11 is 0. The van der Waals surface area contributed by atoms with Crippen molar-refractivity contribution in [1.29, 1.82) is 0 Å². The maximum Gasteiger partial charge on any atom is 0.171 e. The molecule has 58 heavy (non-hydrogen) atoms. The highest BCUT2D eigenvalue weighted by atomic mass is 31.2. The van der Waals surface area contributed by atoms with E-state index in [9.17, 15) is 0 Å². The normalized spacial score (nSPS) is 10.2. The van der Waals surface area contributed by atoms with E-state index in [-0.39, 0.29) is 0 Å². The molecule has 290 valence electrons. The van der Waals surface area contributed by atoms with E-state index < -0.39 is 7.14 Å². The van der Waals surface area contributed by atoms with Gasteiger partial charge in [0.15, 0.2) is 7.14 Å². The molecule has 0 aliphatic heterocycles. The average Bonchev–Trinajstić information content (AvgIpc) is 3.27. The number of terminal acetylenes is 1. The molecule has 0 aliphatic rings. The zero-order valence-corrected chi connectivity index (χ0v) is 34.7. The predicted molar refractivity (Wildman–Crippen MR) is 243 cm³/mol. The minimum atomic E-state index is -3.27. The van der Waals surface area contributed by atoms with Crippen LogP contribution in [0.3, 0.4) is 0 Å². The number of rotatable bonds is 17. The quantitative estimate of drug-likeness (QED) is 0.0536. The Kier molecular flexibility index (Phi) is 17.5. The molecule has 3 nitrogen and oxygen atoms in total. The third kappa shape index (κ3) is 13.4. The second-order valence-electron chi connectivity index (χ2n) is 14.0. The standard InChI is InChI=1S/C54H51O3P/c1-4-7-9-11-17-43-56-50-33-23-46(24-34-50)19-13-15-21-48-29-39-53(40-30-48)58(55,52-37-27-45(6-3)28-38-52)54-41-31-49(32-42-54)22-16-14-20-47-25-35-51(36-26-47)57-44-18-12-10-8-5-2/h3,23-42H,4-5,7-12,17-18,43-44H2,1-2H3. The van der Waals surface area contributed by atoms with Crippen molar-refractivity contribution in [1.82, 2.24) is 0 Å². The molecule has 0 N–H and O–H groups in total. The number of unbranched alkanes of at least 4 members (excludes halogenated alkanes) is 8. The third-order valence-corrected chi connectivity index (χ3v) is 12.6. The fraction of sp³-hybridized carbons (Fsp3) is 0.259. The van der Waals surface area contributed by atoms with E-state index in [2.05, 4.69) is 67.1 Å². The number of hydrogen-bond donors (Lipinski definition) is 0. The van der Waals surface area contributed by atoms with E-state index in [0.717, 1.165) is 65.4 Å². The first-order valence-electron chi connectivity index (χ1n) is 20.4. The van der Waals surface area contributed by atoms with Gasteiger partial charge >= 0.3 is 0 Å². The van der Waals surface area contributed by atoms with E-state index in [4.69, 9.17) is 15.9 Å². The van der Waals surface area contributed by atoms with Crippen LogP contribution >= 0.6 is 7.14 Å². The van der Waals surface area contributed by atoms with Crippen molar-refractivity contribution in [2.24, 2.45) is 0 Å². The molecule has 0 saturated heterocycles. The highest BCUT2D eigenvalue weighted by Crippen LogP contribution is 2.42. The predicted octanol–water partition coefficient (Wildman–Crippen LogP) is 10.8. The van der Waals surface area contributed by atoms with Crippen molar-refractivity contribution in [3.8, 4) is 71.2 Å². The minimum absolute atomic E-state index is 0.688. The molecule has 0 aliphatic carbocycles. The molecule has 4 heteroatoms. The summed E-state index contributed by atoms with van der Waals surface area (Å²) in [6.07, 6.45) is 17.8. The van der Waals surface area contributed by atoms with E-state index in [0.29, 0.717) is 15.9 Å². The van der Waals surface area contributed by atoms with Crippen LogP contribution in [-0.4, -0.2) is 13.2 Å². The lowest BCUT2D eigenvalue weighted by atomic mass is 10.2. The van der Waals surface area contributed by atoms with E-state index in [1.165, 1.54) is 51.4 Å². The summed E-state index contributed by atoms with van der Waals surface area (Å²) in [5, 5.41) is 2.07. The molecule has 0 radical (unpaired) electrons. The highest BCUT2D eigenvalue weighted by molar-refractivity contribution is 7.85. The van der Waals surface area contributed by atoms with Crippen molar-refractivity contribution in [3.05, 3.63) is 149 Å². The van der Waals surface area contributed by atoms with Gasteiger partial charge in [-0.3, -0.25) is 0 Å². The van der Waals surface area contributed by atoms with Crippen molar-refractivity contribution in [2.75, 3.05) is 13.2 Å². The van der Waals surface area contributed by atoms with Crippen LogP contribution in [-0.2, 0) is 4.57 Å². The summed E-state index contributed by atoms with van der Waals surface area (Å²) < 4.78 is 26.9. The Morgan fingerprint density at radius 1 is 0.414 bits per heavy atom. The zero-order chi connectivity index (χ0) is 40.7. The van der Waals surface area contributed by atoms with Crippen LogP contribution < -0.4 is 25.4 Å². The Morgan fingerprint density at radius 2 is 0.707 bits per heavy atom. The van der Waals surface area contributed by atoms with Gasteiger partial charge in [0.25, 0.3) is 0 Å². The maximum atomic E-state index is 15.2. The molecule has 0 unspecified atom stereocenters. The Bertz CT molecular complexity index is 2250. The van der Waals surface area contributed by atoms with Gasteiger partial charge in [0, 0.05) is 43.7 Å². The van der Waals surface area contributed by atoms with Crippen LogP contribution in [0, 0.1) is 59.7 Å². The average molecular weight is 779 g/mol. The minimum Gasteiger partial charge on any atom is -0.494 e. The van der Waals surface area contributed by atoms with Gasteiger partial charge < -0.3 is 14.0 Å². The number of benzene rings is 5. The number of ether oxygens (including phenoxy) is 2. The lowest BCUT2D eigenvalue weighted by molar-refractivity contribution is 0.304. The van der Waals surface area contributed by atoms with Crippen LogP contribution in [0.2, 0.25) is 0 Å². The molecule has 0 aromatic heterocycles. The second-order valence-corrected chi connectivity index (χ2v) is 16.7. The summed E-state index contributed by atoms with van der Waals surface area (Å²) in [6, 6.07) is 38.0. The van der Waals surface area contributed by atoms with Gasteiger partial charge in [0.2, 0.25) is 0 Å². The van der Waals surface area contributed by atoms with Gasteiger partial charge in [0.05, 0.1) is 13.2 Å². The second kappa shape index (κ2) is 23.7. The third-order valence-electron chi connectivity index (χ3n) is 9.55. The molecule has 0 amide bonds. The summed E-state index contributed by atoms with van der Waals surface area (Å²) in [4.78, 5) is 0. The zero-order valence-electron chi connectivity index (χ0n) is 33.8. The summed E-state index contributed by atoms with van der Waals surface area (Å²) in [7, 11) is -3.27. The SMILES string of the molecule is C#Cc1ccc(P(=O)(c2ccc(C#CC#Cc3ccc(OCCCCCCC)cc3)cc2)c2ccc(C#CC#Cc3ccc(OCCCCCCC)cc3)cc2)cc1. The molecule has 0 heterocycles. The smallest absolute Gasteiger partial charge is 0.171 e. The molecule has 0 fully saturated rings. The van der Waals surface area contributed by atoms with Crippen LogP contribution in [0.25, 0.3) is 0 Å². The highest BCUT2D eigenvalue weighted by Gasteiger charge is 2.29. The monoisotopic (exact) mass is 778 g/mol. The Labute approximate surface area is 347 Å². The van der Waals surface area contributed by atoms with Crippen molar-refractivity contribution >= 4 is 23.1 Å². The fourth-order valence-corrected chi connectivity index (χ4v) is 8.80. The Hall–Kier alpha value is -6.27. The van der Waals surface area contributed by atoms with Gasteiger partial charge in [-0.15, -0.1) is 6.42 Å². The molecular formula is C54H51O3P. The first-order valence-corrected chi connectivity index (χ1v) is 22.1. The van der Waals surface area contributed by atoms with Crippen molar-refractivity contribution in [2.45, 2.75) is 78.1 Å². The molecule has 0 atom stereocenters. The summed E-state index contributed by atoms with van der Waals surface area (Å²) in [6.45, 7) is 5.91. The topological polar surface area (TPSA) is 35.5 Å². The summed E-state index contributed by atoms with van der Waals surface area (Å²) in [5.41, 5.74) is 4.02. The van der Waals surface area contributed by atoms with Gasteiger partial charge in [-0.05, 0) is 158 Å². The van der Waals surface area contributed by atoms with Crippen molar-refractivity contribution < 1.29 is 14.0 Å². The van der Waals surface area contributed by atoms with E-state index in [1.807, 2.05) is 121 Å². The molecule has 0 spiro atoms. The molecule has 5 aromatic rings. The van der Waals surface area contributed by atoms with Crippen LogP contribution in [0.5, 0.6) is 11.5 Å². The lowest BCUT2D eigenvalue weighted by Crippen LogP contribution is -2.25. The van der Waals surface area contributed by atoms with E-state index in [1.54, 1.807) is 0 Å². The van der Waals surface area contributed by atoms with Gasteiger partial charge in [-0.25, -0.2) is 0 Å². The van der Waals surface area contributed by atoms with Crippen molar-refractivity contribution in [3.63, 3.8) is 0 Å². The lowest BCUT2D eigenvalue weighted by Gasteiger charge is -2.20. The molecule has 0 saturated carbocycles. The number of hydrogen-bond acceptors (Lipinski definition) is 3. The first-order chi connectivity index (χ1) is 28.5. The Balaban J connectivity index is 1.23.